The van der Waals surface area contributed by atoms with E-state index < -0.39 is 11.4 Å². The Bertz CT molecular complexity index is 190. The molecule has 11 heavy (non-hydrogen) atoms. The van der Waals surface area contributed by atoms with Crippen molar-refractivity contribution >= 4 is 5.97 Å². The van der Waals surface area contributed by atoms with Crippen molar-refractivity contribution in [3.8, 4) is 0 Å². The molecule has 62 valence electrons. The largest absolute Gasteiger partial charge is 0.481 e. The third kappa shape index (κ3) is 1.44. The predicted octanol–water partition coefficient (Wildman–Crippen LogP) is 2.21. The second kappa shape index (κ2) is 2.68. The molecule has 0 radical (unpaired) electrons. The van der Waals surface area contributed by atoms with Crippen LogP contribution in [0.25, 0.3) is 0 Å². The summed E-state index contributed by atoms with van der Waals surface area (Å²) >= 11 is 0. The molecule has 1 rings (SSSR count). The molecular weight excluding hydrogens is 140 g/mol. The Morgan fingerprint density at radius 2 is 2.18 bits per heavy atom. The smallest absolute Gasteiger partial charge is 0.309 e. The first-order chi connectivity index (χ1) is 5.07. The Hall–Kier alpha value is -0.790. The maximum atomic E-state index is 10.8. The molecule has 1 fully saturated rings. The van der Waals surface area contributed by atoms with Crippen LogP contribution in [-0.2, 0) is 4.79 Å². The fraction of sp³-hybridized carbons (Fsp3) is 0.667. The van der Waals surface area contributed by atoms with Gasteiger partial charge in [0.1, 0.15) is 0 Å². The van der Waals surface area contributed by atoms with Crippen molar-refractivity contribution in [2.75, 3.05) is 0 Å². The number of carbonyl (C=O) groups is 1. The van der Waals surface area contributed by atoms with Crippen LogP contribution in [0.4, 0.5) is 0 Å². The zero-order chi connectivity index (χ0) is 8.48. The van der Waals surface area contributed by atoms with Gasteiger partial charge in [-0.05, 0) is 26.2 Å². The highest BCUT2D eigenvalue weighted by molar-refractivity contribution is 5.76. The molecule has 2 nitrogen and oxygen atoms in total. The molecular formula is C9H14O2. The molecule has 1 saturated carbocycles. The van der Waals surface area contributed by atoms with E-state index in [4.69, 9.17) is 5.11 Å². The molecule has 0 saturated heterocycles. The van der Waals surface area contributed by atoms with Crippen molar-refractivity contribution in [1.29, 1.82) is 0 Å². The Labute approximate surface area is 66.9 Å². The normalized spacial score (nSPS) is 20.5. The molecule has 0 unspecified atom stereocenters. The molecule has 1 aliphatic carbocycles. The van der Waals surface area contributed by atoms with E-state index in [1.54, 1.807) is 0 Å². The number of allylic oxidation sites excluding steroid dienone is 1. The number of carboxylic acid groups (broad SMARTS) is 1. The van der Waals surface area contributed by atoms with Gasteiger partial charge in [0.2, 0.25) is 0 Å². The van der Waals surface area contributed by atoms with Gasteiger partial charge in [-0.1, -0.05) is 12.0 Å². The van der Waals surface area contributed by atoms with Crippen LogP contribution >= 0.6 is 0 Å². The molecule has 0 amide bonds. The van der Waals surface area contributed by atoms with E-state index in [9.17, 15) is 4.79 Å². The second-order valence-corrected chi connectivity index (χ2v) is 3.57. The number of carboxylic acids is 1. The number of hydrogen-bond acceptors (Lipinski definition) is 1. The number of aliphatic carboxylic acids is 1. The summed E-state index contributed by atoms with van der Waals surface area (Å²) in [7, 11) is 0. The topological polar surface area (TPSA) is 37.3 Å². The predicted molar refractivity (Wildman–Crippen MR) is 43.4 cm³/mol. The van der Waals surface area contributed by atoms with Crippen molar-refractivity contribution in [3.63, 3.8) is 0 Å². The van der Waals surface area contributed by atoms with Crippen molar-refractivity contribution in [2.24, 2.45) is 5.41 Å². The molecule has 1 N–H and O–H groups in total. The lowest BCUT2D eigenvalue weighted by molar-refractivity contribution is -0.154. The lowest BCUT2D eigenvalue weighted by Crippen LogP contribution is -2.37. The SMILES string of the molecule is C=C(C)CC1(C(=O)O)CCC1. The zero-order valence-electron chi connectivity index (χ0n) is 6.89. The van der Waals surface area contributed by atoms with Crippen molar-refractivity contribution < 1.29 is 9.90 Å². The van der Waals surface area contributed by atoms with Crippen molar-refractivity contribution in [3.05, 3.63) is 12.2 Å². The van der Waals surface area contributed by atoms with Gasteiger partial charge in [-0.2, -0.15) is 0 Å². The fourth-order valence-corrected chi connectivity index (χ4v) is 1.65. The standard InChI is InChI=1S/C9H14O2/c1-7(2)6-9(8(10)11)4-3-5-9/h1,3-6H2,2H3,(H,10,11). The summed E-state index contributed by atoms with van der Waals surface area (Å²) in [5.41, 5.74) is 0.540. The van der Waals surface area contributed by atoms with Gasteiger partial charge in [-0.15, -0.1) is 6.58 Å². The molecule has 0 bridgehead atoms. The summed E-state index contributed by atoms with van der Waals surface area (Å²) in [5, 5.41) is 8.89. The minimum absolute atomic E-state index is 0.439. The molecule has 0 aromatic rings. The molecule has 1 aliphatic rings. The average Bonchev–Trinajstić information content (AvgIpc) is 1.77. The molecule has 0 aliphatic heterocycles. The minimum atomic E-state index is -0.647. The molecule has 0 heterocycles. The quantitative estimate of drug-likeness (QED) is 0.633. The van der Waals surface area contributed by atoms with Crippen molar-refractivity contribution in [2.45, 2.75) is 32.6 Å². The van der Waals surface area contributed by atoms with Gasteiger partial charge in [-0.3, -0.25) is 4.79 Å². The lowest BCUT2D eigenvalue weighted by Gasteiger charge is -2.37. The zero-order valence-corrected chi connectivity index (χ0v) is 6.89. The molecule has 2 heteroatoms. The Morgan fingerprint density at radius 3 is 2.27 bits per heavy atom. The van der Waals surface area contributed by atoms with Crippen molar-refractivity contribution in [1.82, 2.24) is 0 Å². The third-order valence-electron chi connectivity index (χ3n) is 2.40. The summed E-state index contributed by atoms with van der Waals surface area (Å²) < 4.78 is 0. The Balaban J connectivity index is 2.61. The minimum Gasteiger partial charge on any atom is -0.481 e. The maximum Gasteiger partial charge on any atom is 0.309 e. The molecule has 0 atom stereocenters. The highest BCUT2D eigenvalue weighted by Gasteiger charge is 2.43. The number of hydrogen-bond donors (Lipinski definition) is 1. The van der Waals surface area contributed by atoms with Gasteiger partial charge in [0, 0.05) is 0 Å². The van der Waals surface area contributed by atoms with E-state index in [1.807, 2.05) is 6.92 Å². The summed E-state index contributed by atoms with van der Waals surface area (Å²) in [4.78, 5) is 10.8. The van der Waals surface area contributed by atoms with E-state index >= 15 is 0 Å². The third-order valence-corrected chi connectivity index (χ3v) is 2.40. The van der Waals surface area contributed by atoms with Crippen LogP contribution in [0.3, 0.4) is 0 Å². The van der Waals surface area contributed by atoms with Gasteiger partial charge < -0.3 is 5.11 Å². The van der Waals surface area contributed by atoms with Crippen LogP contribution in [-0.4, -0.2) is 11.1 Å². The summed E-state index contributed by atoms with van der Waals surface area (Å²) in [6, 6.07) is 0. The van der Waals surface area contributed by atoms with Gasteiger partial charge in [0.15, 0.2) is 0 Å². The van der Waals surface area contributed by atoms with Gasteiger partial charge in [0.05, 0.1) is 5.41 Å². The maximum absolute atomic E-state index is 10.8. The lowest BCUT2D eigenvalue weighted by atomic mass is 9.65. The second-order valence-electron chi connectivity index (χ2n) is 3.57. The molecule has 0 aromatic heterocycles. The van der Waals surface area contributed by atoms with Gasteiger partial charge in [-0.25, -0.2) is 0 Å². The monoisotopic (exact) mass is 154 g/mol. The number of rotatable bonds is 3. The first-order valence-electron chi connectivity index (χ1n) is 3.95. The van der Waals surface area contributed by atoms with E-state index in [2.05, 4.69) is 6.58 Å². The molecule has 0 spiro atoms. The summed E-state index contributed by atoms with van der Waals surface area (Å²) in [6.07, 6.45) is 3.37. The average molecular weight is 154 g/mol. The highest BCUT2D eigenvalue weighted by Crippen LogP contribution is 2.45. The van der Waals surface area contributed by atoms with E-state index in [1.165, 1.54) is 0 Å². The Kier molecular flexibility index (Phi) is 2.03. The highest BCUT2D eigenvalue weighted by atomic mass is 16.4. The molecule has 0 aromatic carbocycles. The van der Waals surface area contributed by atoms with Crippen LogP contribution in [0.2, 0.25) is 0 Å². The van der Waals surface area contributed by atoms with Crippen LogP contribution in [0.5, 0.6) is 0 Å². The van der Waals surface area contributed by atoms with Gasteiger partial charge in [0.25, 0.3) is 0 Å². The van der Waals surface area contributed by atoms with Crippen LogP contribution in [0.1, 0.15) is 32.6 Å². The Morgan fingerprint density at radius 1 is 1.64 bits per heavy atom. The van der Waals surface area contributed by atoms with Gasteiger partial charge >= 0.3 is 5.97 Å². The van der Waals surface area contributed by atoms with Crippen LogP contribution in [0, 0.1) is 5.41 Å². The summed E-state index contributed by atoms with van der Waals surface area (Å²) in [6.45, 7) is 5.63. The summed E-state index contributed by atoms with van der Waals surface area (Å²) in [5.74, 6) is -0.647. The first-order valence-corrected chi connectivity index (χ1v) is 3.95. The fourth-order valence-electron chi connectivity index (χ4n) is 1.65. The van der Waals surface area contributed by atoms with E-state index in [-0.39, 0.29) is 0 Å². The van der Waals surface area contributed by atoms with E-state index in [0.29, 0.717) is 6.42 Å². The van der Waals surface area contributed by atoms with E-state index in [0.717, 1.165) is 24.8 Å². The van der Waals surface area contributed by atoms with Crippen LogP contribution < -0.4 is 0 Å². The van der Waals surface area contributed by atoms with Crippen LogP contribution in [0.15, 0.2) is 12.2 Å². The first kappa shape index (κ1) is 8.31.